The van der Waals surface area contributed by atoms with Crippen LogP contribution in [0.5, 0.6) is 0 Å². The highest BCUT2D eigenvalue weighted by molar-refractivity contribution is 6.42. The zero-order chi connectivity index (χ0) is 18.4. The standard InChI is InChI=1S/C21H21Cl2NO/c1-13-14(2)24(20(25)19(13)15-8-6-5-7-9-15)21(3,4)16-10-11-17(22)18(23)12-16/h5-12,14H,1-4H3. The van der Waals surface area contributed by atoms with E-state index in [0.717, 1.165) is 22.3 Å². The Labute approximate surface area is 159 Å². The van der Waals surface area contributed by atoms with Crippen LogP contribution in [0.15, 0.2) is 54.1 Å². The largest absolute Gasteiger partial charge is 0.323 e. The first-order valence-corrected chi connectivity index (χ1v) is 9.06. The molecule has 1 unspecified atom stereocenters. The molecule has 0 aromatic heterocycles. The lowest BCUT2D eigenvalue weighted by atomic mass is 9.91. The van der Waals surface area contributed by atoms with Crippen LogP contribution in [0.2, 0.25) is 10.0 Å². The molecule has 1 aliphatic rings. The molecule has 0 spiro atoms. The second-order valence-electron chi connectivity index (χ2n) is 6.96. The van der Waals surface area contributed by atoms with E-state index in [1.54, 1.807) is 6.07 Å². The number of carbonyl (C=O) groups excluding carboxylic acids is 1. The van der Waals surface area contributed by atoms with E-state index in [1.165, 1.54) is 0 Å². The van der Waals surface area contributed by atoms with Gasteiger partial charge >= 0.3 is 0 Å². The molecule has 2 nitrogen and oxygen atoms in total. The third kappa shape index (κ3) is 2.98. The second-order valence-corrected chi connectivity index (χ2v) is 7.78. The molecule has 1 aliphatic heterocycles. The van der Waals surface area contributed by atoms with Crippen LogP contribution in [0, 0.1) is 0 Å². The van der Waals surface area contributed by atoms with Crippen molar-refractivity contribution in [1.82, 2.24) is 4.90 Å². The van der Waals surface area contributed by atoms with E-state index in [9.17, 15) is 4.79 Å². The van der Waals surface area contributed by atoms with Crippen LogP contribution < -0.4 is 0 Å². The van der Waals surface area contributed by atoms with Gasteiger partial charge in [0.25, 0.3) is 5.91 Å². The Hall–Kier alpha value is -1.77. The molecule has 2 aromatic rings. The minimum atomic E-state index is -0.511. The molecule has 0 aliphatic carbocycles. The smallest absolute Gasteiger partial charge is 0.255 e. The SMILES string of the molecule is CC1=C(c2ccccc2)C(=O)N(C(C)(C)c2ccc(Cl)c(Cl)c2)C1C. The number of hydrogen-bond donors (Lipinski definition) is 0. The highest BCUT2D eigenvalue weighted by Gasteiger charge is 2.43. The summed E-state index contributed by atoms with van der Waals surface area (Å²) >= 11 is 12.3. The average Bonchev–Trinajstić information content (AvgIpc) is 2.80. The molecule has 0 radical (unpaired) electrons. The topological polar surface area (TPSA) is 20.3 Å². The number of amides is 1. The van der Waals surface area contributed by atoms with Crippen LogP contribution in [0.1, 0.15) is 38.8 Å². The zero-order valence-corrected chi connectivity index (χ0v) is 16.3. The second kappa shape index (κ2) is 6.51. The molecule has 4 heteroatoms. The van der Waals surface area contributed by atoms with E-state index < -0.39 is 5.54 Å². The van der Waals surface area contributed by atoms with Crippen LogP contribution in [-0.2, 0) is 10.3 Å². The van der Waals surface area contributed by atoms with Crippen molar-refractivity contribution in [2.45, 2.75) is 39.3 Å². The zero-order valence-electron chi connectivity index (χ0n) is 14.8. The van der Waals surface area contributed by atoms with E-state index in [2.05, 4.69) is 6.92 Å². The first-order valence-electron chi connectivity index (χ1n) is 8.30. The maximum atomic E-state index is 13.3. The molecule has 2 aromatic carbocycles. The van der Waals surface area contributed by atoms with Gasteiger partial charge in [-0.3, -0.25) is 4.79 Å². The summed E-state index contributed by atoms with van der Waals surface area (Å²) in [5.74, 6) is 0.0484. The Morgan fingerprint density at radius 2 is 1.64 bits per heavy atom. The van der Waals surface area contributed by atoms with Gasteiger partial charge in [-0.15, -0.1) is 0 Å². The van der Waals surface area contributed by atoms with Gasteiger partial charge in [-0.05, 0) is 56.5 Å². The number of carbonyl (C=O) groups is 1. The number of nitrogens with zero attached hydrogens (tertiary/aromatic N) is 1. The molecule has 0 bridgehead atoms. The fourth-order valence-corrected chi connectivity index (χ4v) is 3.88. The maximum absolute atomic E-state index is 13.3. The summed E-state index contributed by atoms with van der Waals surface area (Å²) in [7, 11) is 0. The summed E-state index contributed by atoms with van der Waals surface area (Å²) in [5.41, 5.74) is 3.29. The monoisotopic (exact) mass is 373 g/mol. The molecular formula is C21H21Cl2NO. The first-order chi connectivity index (χ1) is 11.7. The molecule has 1 heterocycles. The van der Waals surface area contributed by atoms with E-state index in [-0.39, 0.29) is 11.9 Å². The summed E-state index contributed by atoms with van der Waals surface area (Å²) < 4.78 is 0. The summed E-state index contributed by atoms with van der Waals surface area (Å²) in [6.07, 6.45) is 0. The van der Waals surface area contributed by atoms with Gasteiger partial charge in [0.1, 0.15) is 0 Å². The van der Waals surface area contributed by atoms with Gasteiger partial charge in [-0.2, -0.15) is 0 Å². The average molecular weight is 374 g/mol. The Kier molecular flexibility index (Phi) is 4.70. The highest BCUT2D eigenvalue weighted by atomic mass is 35.5. The van der Waals surface area contributed by atoms with Crippen molar-refractivity contribution >= 4 is 34.7 Å². The van der Waals surface area contributed by atoms with E-state index in [4.69, 9.17) is 23.2 Å². The number of halogens is 2. The van der Waals surface area contributed by atoms with Gasteiger partial charge in [0.2, 0.25) is 0 Å². The van der Waals surface area contributed by atoms with Crippen LogP contribution in [0.25, 0.3) is 5.57 Å². The van der Waals surface area contributed by atoms with Crippen molar-refractivity contribution < 1.29 is 4.79 Å². The Balaban J connectivity index is 2.04. The Morgan fingerprint density at radius 1 is 1.00 bits per heavy atom. The Bertz CT molecular complexity index is 855. The van der Waals surface area contributed by atoms with Crippen molar-refractivity contribution in [1.29, 1.82) is 0 Å². The fraction of sp³-hybridized carbons (Fsp3) is 0.286. The van der Waals surface area contributed by atoms with Crippen molar-refractivity contribution in [2.75, 3.05) is 0 Å². The summed E-state index contributed by atoms with van der Waals surface area (Å²) in [6.45, 7) is 8.20. The number of hydrogen-bond acceptors (Lipinski definition) is 1. The highest BCUT2D eigenvalue weighted by Crippen LogP contribution is 2.42. The lowest BCUT2D eigenvalue weighted by Gasteiger charge is -2.40. The molecule has 0 saturated heterocycles. The molecule has 1 atom stereocenters. The summed E-state index contributed by atoms with van der Waals surface area (Å²) in [5, 5.41) is 1.01. The van der Waals surface area contributed by atoms with Gasteiger partial charge < -0.3 is 4.90 Å². The van der Waals surface area contributed by atoms with Gasteiger partial charge in [0.15, 0.2) is 0 Å². The molecular weight excluding hydrogens is 353 g/mol. The minimum Gasteiger partial charge on any atom is -0.323 e. The van der Waals surface area contributed by atoms with Crippen molar-refractivity contribution in [3.63, 3.8) is 0 Å². The molecule has 0 saturated carbocycles. The third-order valence-corrected chi connectivity index (χ3v) is 5.87. The van der Waals surface area contributed by atoms with Gasteiger partial charge in [0.05, 0.1) is 21.6 Å². The molecule has 0 fully saturated rings. The van der Waals surface area contributed by atoms with Crippen LogP contribution >= 0.6 is 23.2 Å². The normalized spacial score (nSPS) is 18.2. The lowest BCUT2D eigenvalue weighted by molar-refractivity contribution is -0.130. The number of rotatable bonds is 3. The van der Waals surface area contributed by atoms with Crippen molar-refractivity contribution in [3.05, 3.63) is 75.3 Å². The Morgan fingerprint density at radius 3 is 2.24 bits per heavy atom. The van der Waals surface area contributed by atoms with Gasteiger partial charge in [-0.25, -0.2) is 0 Å². The summed E-state index contributed by atoms with van der Waals surface area (Å²) in [6, 6.07) is 15.4. The fourth-order valence-electron chi connectivity index (χ4n) is 3.58. The predicted octanol–water partition coefficient (Wildman–Crippen LogP) is 5.93. The molecule has 1 amide bonds. The van der Waals surface area contributed by atoms with Crippen LogP contribution in [-0.4, -0.2) is 16.8 Å². The third-order valence-electron chi connectivity index (χ3n) is 5.13. The summed E-state index contributed by atoms with van der Waals surface area (Å²) in [4.78, 5) is 15.2. The van der Waals surface area contributed by atoms with E-state index in [0.29, 0.717) is 10.0 Å². The van der Waals surface area contributed by atoms with Crippen molar-refractivity contribution in [3.8, 4) is 0 Å². The first kappa shape index (κ1) is 18.0. The van der Waals surface area contributed by atoms with Crippen LogP contribution in [0.3, 0.4) is 0 Å². The molecule has 25 heavy (non-hydrogen) atoms. The van der Waals surface area contributed by atoms with Crippen LogP contribution in [0.4, 0.5) is 0 Å². The predicted molar refractivity (Wildman–Crippen MR) is 105 cm³/mol. The lowest BCUT2D eigenvalue weighted by Crippen LogP contribution is -2.47. The van der Waals surface area contributed by atoms with Gasteiger partial charge in [0, 0.05) is 5.57 Å². The maximum Gasteiger partial charge on any atom is 0.255 e. The number of benzene rings is 2. The quantitative estimate of drug-likeness (QED) is 0.652. The van der Waals surface area contributed by atoms with Crippen molar-refractivity contribution in [2.24, 2.45) is 0 Å². The van der Waals surface area contributed by atoms with E-state index in [1.807, 2.05) is 68.1 Å². The van der Waals surface area contributed by atoms with E-state index >= 15 is 0 Å². The minimum absolute atomic E-state index is 0.00663. The molecule has 0 N–H and O–H groups in total. The molecule has 3 rings (SSSR count). The van der Waals surface area contributed by atoms with Gasteiger partial charge in [-0.1, -0.05) is 59.6 Å². The molecule has 130 valence electrons.